The van der Waals surface area contributed by atoms with E-state index in [4.69, 9.17) is 0 Å². The zero-order chi connectivity index (χ0) is 6.69. The normalized spacial score (nSPS) is 21.8. The first-order chi connectivity index (χ1) is 4.30. The van der Waals surface area contributed by atoms with Gasteiger partial charge in [0.1, 0.15) is 0 Å². The smallest absolute Gasteiger partial charge is 0.208 e. The highest BCUT2D eigenvalue weighted by Gasteiger charge is 2.15. The van der Waals surface area contributed by atoms with Crippen LogP contribution in [0.1, 0.15) is 12.8 Å². The van der Waals surface area contributed by atoms with Crippen LogP contribution in [0.3, 0.4) is 0 Å². The van der Waals surface area contributed by atoms with E-state index in [1.54, 1.807) is 11.8 Å². The summed E-state index contributed by atoms with van der Waals surface area (Å²) in [5.74, 6) is 0.980. The quantitative estimate of drug-likeness (QED) is 0.468. The topological polar surface area (TPSA) is 34.1 Å². The summed E-state index contributed by atoms with van der Waals surface area (Å²) < 4.78 is 0. The Kier molecular flexibility index (Phi) is 2.28. The summed E-state index contributed by atoms with van der Waals surface area (Å²) in [7, 11) is 0. The molecule has 1 heterocycles. The summed E-state index contributed by atoms with van der Waals surface area (Å²) in [4.78, 5) is 21.3. The molecule has 0 radical (unpaired) electrons. The van der Waals surface area contributed by atoms with Crippen LogP contribution in [-0.4, -0.2) is 23.1 Å². The molecule has 2 nitrogen and oxygen atoms in total. The summed E-state index contributed by atoms with van der Waals surface area (Å²) in [6.45, 7) is 0. The lowest BCUT2D eigenvalue weighted by molar-refractivity contribution is -0.134. The Morgan fingerprint density at radius 2 is 2.00 bits per heavy atom. The third kappa shape index (κ3) is 1.82. The van der Waals surface area contributed by atoms with Gasteiger partial charge in [-0.25, -0.2) is 0 Å². The van der Waals surface area contributed by atoms with Crippen LogP contribution in [0.4, 0.5) is 0 Å². The molecule has 50 valence electrons. The number of carbonyl (C=O) groups is 2. The van der Waals surface area contributed by atoms with Gasteiger partial charge in [0.05, 0.1) is 5.75 Å². The average molecular weight is 144 g/mol. The van der Waals surface area contributed by atoms with Gasteiger partial charge in [-0.2, -0.15) is 11.8 Å². The zero-order valence-corrected chi connectivity index (χ0v) is 5.87. The lowest BCUT2D eigenvalue weighted by Gasteiger charge is -1.86. The highest BCUT2D eigenvalue weighted by atomic mass is 32.2. The van der Waals surface area contributed by atoms with Crippen molar-refractivity contribution in [3.8, 4) is 0 Å². The maximum atomic E-state index is 10.7. The molecule has 0 aliphatic carbocycles. The summed E-state index contributed by atoms with van der Waals surface area (Å²) >= 11 is 1.56. The lowest BCUT2D eigenvalue weighted by atomic mass is 10.2. The maximum Gasteiger partial charge on any atom is 0.208 e. The second-order valence-corrected chi connectivity index (χ2v) is 3.11. The molecule has 0 N–H and O–H groups in total. The van der Waals surface area contributed by atoms with Gasteiger partial charge in [-0.3, -0.25) is 9.59 Å². The van der Waals surface area contributed by atoms with Gasteiger partial charge in [-0.1, -0.05) is 0 Å². The average Bonchev–Trinajstić information content (AvgIpc) is 1.99. The van der Waals surface area contributed by atoms with Crippen molar-refractivity contribution in [1.82, 2.24) is 0 Å². The van der Waals surface area contributed by atoms with E-state index in [1.807, 2.05) is 0 Å². The molecule has 0 unspecified atom stereocenters. The molecule has 1 aliphatic heterocycles. The molecule has 9 heavy (non-hydrogen) atoms. The molecule has 0 amide bonds. The van der Waals surface area contributed by atoms with Crippen molar-refractivity contribution in [1.29, 1.82) is 0 Å². The van der Waals surface area contributed by atoms with Gasteiger partial charge >= 0.3 is 0 Å². The molecular formula is C6H8O2S. The van der Waals surface area contributed by atoms with Gasteiger partial charge < -0.3 is 0 Å². The Morgan fingerprint density at radius 1 is 1.22 bits per heavy atom. The van der Waals surface area contributed by atoms with E-state index >= 15 is 0 Å². The first kappa shape index (κ1) is 6.81. The van der Waals surface area contributed by atoms with Gasteiger partial charge in [-0.15, -0.1) is 0 Å². The van der Waals surface area contributed by atoms with Gasteiger partial charge in [0.15, 0.2) is 5.78 Å². The van der Waals surface area contributed by atoms with Crippen LogP contribution in [0.5, 0.6) is 0 Å². The van der Waals surface area contributed by atoms with Gasteiger partial charge in [0, 0.05) is 6.42 Å². The highest BCUT2D eigenvalue weighted by molar-refractivity contribution is 8.00. The van der Waals surface area contributed by atoms with Crippen molar-refractivity contribution in [2.45, 2.75) is 12.8 Å². The second-order valence-electron chi connectivity index (χ2n) is 2.00. The molecule has 1 aliphatic rings. The molecule has 0 aromatic carbocycles. The standard InChI is InChI=1S/C6H8O2S/c7-5-2-1-3-9-4-6(5)8/h1-4H2. The Morgan fingerprint density at radius 3 is 2.78 bits per heavy atom. The number of rotatable bonds is 0. The van der Waals surface area contributed by atoms with Crippen molar-refractivity contribution in [3.05, 3.63) is 0 Å². The molecule has 0 bridgehead atoms. The minimum Gasteiger partial charge on any atom is -0.291 e. The van der Waals surface area contributed by atoms with Crippen molar-refractivity contribution in [3.63, 3.8) is 0 Å². The predicted octanol–water partition coefficient (Wildman–Crippen LogP) is 0.652. The molecule has 3 heteroatoms. The molecule has 1 saturated heterocycles. The molecule has 1 fully saturated rings. The number of Topliss-reactive ketones (excluding diaryl/α,β-unsaturated/α-hetero) is 2. The monoisotopic (exact) mass is 144 g/mol. The Balaban J connectivity index is 2.51. The van der Waals surface area contributed by atoms with Crippen LogP contribution in [-0.2, 0) is 9.59 Å². The summed E-state index contributed by atoms with van der Waals surface area (Å²) in [5.41, 5.74) is 0. The van der Waals surface area contributed by atoms with Crippen molar-refractivity contribution in [2.75, 3.05) is 11.5 Å². The van der Waals surface area contributed by atoms with E-state index in [0.29, 0.717) is 12.2 Å². The third-order valence-corrected chi connectivity index (χ3v) is 2.28. The molecule has 0 aromatic rings. The van der Waals surface area contributed by atoms with Crippen molar-refractivity contribution >= 4 is 23.3 Å². The largest absolute Gasteiger partial charge is 0.291 e. The van der Waals surface area contributed by atoms with Crippen LogP contribution in [0.15, 0.2) is 0 Å². The first-order valence-electron chi connectivity index (χ1n) is 2.94. The molecule has 1 rings (SSSR count). The van der Waals surface area contributed by atoms with E-state index in [-0.39, 0.29) is 11.6 Å². The molecule has 0 saturated carbocycles. The number of hydrogen-bond acceptors (Lipinski definition) is 3. The van der Waals surface area contributed by atoms with E-state index < -0.39 is 0 Å². The number of thioether (sulfide) groups is 1. The third-order valence-electron chi connectivity index (χ3n) is 1.24. The van der Waals surface area contributed by atoms with Gasteiger partial charge in [0.25, 0.3) is 0 Å². The van der Waals surface area contributed by atoms with E-state index in [2.05, 4.69) is 0 Å². The fourth-order valence-corrected chi connectivity index (χ4v) is 1.56. The number of carbonyl (C=O) groups excluding carboxylic acids is 2. The summed E-state index contributed by atoms with van der Waals surface area (Å²) in [6.07, 6.45) is 1.33. The van der Waals surface area contributed by atoms with E-state index in [1.165, 1.54) is 0 Å². The van der Waals surface area contributed by atoms with Crippen LogP contribution >= 0.6 is 11.8 Å². The Hall–Kier alpha value is -0.310. The molecule has 0 aromatic heterocycles. The molecule has 0 atom stereocenters. The Labute approximate surface area is 58.0 Å². The van der Waals surface area contributed by atoms with E-state index in [0.717, 1.165) is 12.2 Å². The summed E-state index contributed by atoms with van der Waals surface area (Å²) in [6, 6.07) is 0. The fraction of sp³-hybridized carbons (Fsp3) is 0.667. The first-order valence-corrected chi connectivity index (χ1v) is 4.10. The molecule has 0 spiro atoms. The van der Waals surface area contributed by atoms with Crippen molar-refractivity contribution < 1.29 is 9.59 Å². The van der Waals surface area contributed by atoms with Gasteiger partial charge in [0.2, 0.25) is 5.78 Å². The SMILES string of the molecule is O=C1CCCSCC1=O. The second kappa shape index (κ2) is 3.01. The lowest BCUT2D eigenvalue weighted by Crippen LogP contribution is -2.13. The van der Waals surface area contributed by atoms with Crippen LogP contribution < -0.4 is 0 Å². The minimum atomic E-state index is -0.197. The predicted molar refractivity (Wildman–Crippen MR) is 36.6 cm³/mol. The van der Waals surface area contributed by atoms with Crippen LogP contribution in [0.25, 0.3) is 0 Å². The highest BCUT2D eigenvalue weighted by Crippen LogP contribution is 2.10. The maximum absolute atomic E-state index is 10.7. The fourth-order valence-electron chi connectivity index (χ4n) is 0.720. The minimum absolute atomic E-state index is 0.181. The van der Waals surface area contributed by atoms with Crippen molar-refractivity contribution in [2.24, 2.45) is 0 Å². The number of hydrogen-bond donors (Lipinski definition) is 0. The number of ketones is 2. The van der Waals surface area contributed by atoms with Gasteiger partial charge in [-0.05, 0) is 12.2 Å². The van der Waals surface area contributed by atoms with Crippen LogP contribution in [0, 0.1) is 0 Å². The van der Waals surface area contributed by atoms with E-state index in [9.17, 15) is 9.59 Å². The zero-order valence-electron chi connectivity index (χ0n) is 5.05. The summed E-state index contributed by atoms with van der Waals surface area (Å²) in [5, 5.41) is 0. The molecular weight excluding hydrogens is 136 g/mol. The Bertz CT molecular complexity index is 126. The van der Waals surface area contributed by atoms with Crippen LogP contribution in [0.2, 0.25) is 0 Å².